The molecule has 2 aromatic rings. The van der Waals surface area contributed by atoms with E-state index in [2.05, 4.69) is 0 Å². The Balaban J connectivity index is 2.66. The van der Waals surface area contributed by atoms with Crippen LogP contribution in [0.5, 0.6) is 5.75 Å². The van der Waals surface area contributed by atoms with Gasteiger partial charge < -0.3 is 4.74 Å². The summed E-state index contributed by atoms with van der Waals surface area (Å²) >= 11 is 5.82. The molecule has 0 radical (unpaired) electrons. The molecule has 2 nitrogen and oxygen atoms in total. The molecule has 0 atom stereocenters. The van der Waals surface area contributed by atoms with Crippen LogP contribution in [0.3, 0.4) is 0 Å². The van der Waals surface area contributed by atoms with Gasteiger partial charge in [-0.05, 0) is 29.8 Å². The zero-order valence-electron chi connectivity index (χ0n) is 9.61. The lowest BCUT2D eigenvalue weighted by atomic mass is 10.0. The summed E-state index contributed by atoms with van der Waals surface area (Å²) in [5, 5.41) is 0.295. The Kier molecular flexibility index (Phi) is 3.63. The Morgan fingerprint density at radius 1 is 1.28 bits per heavy atom. The molecule has 0 heterocycles. The Bertz CT molecular complexity index is 576. The monoisotopic (exact) mass is 264 g/mol. The van der Waals surface area contributed by atoms with Crippen LogP contribution in [0.15, 0.2) is 36.4 Å². The number of para-hydroxylation sites is 1. The van der Waals surface area contributed by atoms with Crippen molar-refractivity contribution in [2.45, 2.75) is 0 Å². The van der Waals surface area contributed by atoms with E-state index in [-0.39, 0.29) is 0 Å². The van der Waals surface area contributed by atoms with Crippen molar-refractivity contribution >= 4 is 17.9 Å². The van der Waals surface area contributed by atoms with Crippen molar-refractivity contribution in [3.63, 3.8) is 0 Å². The number of benzene rings is 2. The van der Waals surface area contributed by atoms with Gasteiger partial charge in [0.1, 0.15) is 11.6 Å². The van der Waals surface area contributed by atoms with E-state index in [1.807, 2.05) is 0 Å². The normalized spacial score (nSPS) is 10.2. The predicted octanol–water partition coefficient (Wildman–Crippen LogP) is 3.97. The van der Waals surface area contributed by atoms with E-state index in [1.54, 1.807) is 24.3 Å². The van der Waals surface area contributed by atoms with Crippen LogP contribution in [0, 0.1) is 5.82 Å². The summed E-state index contributed by atoms with van der Waals surface area (Å²) in [6.45, 7) is 0. The fourth-order valence-corrected chi connectivity index (χ4v) is 2.03. The highest BCUT2D eigenvalue weighted by atomic mass is 35.5. The SMILES string of the molecule is COc1c(C=O)cccc1-c1cc(F)cc(Cl)c1. The molecule has 92 valence electrons. The first-order valence-electron chi connectivity index (χ1n) is 5.24. The third-order valence-corrected chi connectivity index (χ3v) is 2.77. The molecule has 0 fully saturated rings. The highest BCUT2D eigenvalue weighted by Gasteiger charge is 2.11. The summed E-state index contributed by atoms with van der Waals surface area (Å²) < 4.78 is 18.5. The van der Waals surface area contributed by atoms with E-state index < -0.39 is 5.82 Å². The van der Waals surface area contributed by atoms with Crippen LogP contribution in [-0.2, 0) is 0 Å². The van der Waals surface area contributed by atoms with Gasteiger partial charge in [-0.25, -0.2) is 4.39 Å². The Labute approximate surface area is 109 Å². The van der Waals surface area contributed by atoms with E-state index in [1.165, 1.54) is 19.2 Å². The number of halogens is 2. The molecule has 0 saturated carbocycles. The molecule has 0 bridgehead atoms. The molecular weight excluding hydrogens is 255 g/mol. The van der Waals surface area contributed by atoms with Gasteiger partial charge in [0.25, 0.3) is 0 Å². The fourth-order valence-electron chi connectivity index (χ4n) is 1.81. The van der Waals surface area contributed by atoms with Gasteiger partial charge in [-0.2, -0.15) is 0 Å². The minimum Gasteiger partial charge on any atom is -0.495 e. The van der Waals surface area contributed by atoms with Crippen LogP contribution in [0.2, 0.25) is 5.02 Å². The lowest BCUT2D eigenvalue weighted by Gasteiger charge is -2.11. The van der Waals surface area contributed by atoms with Gasteiger partial charge in [0.05, 0.1) is 12.7 Å². The Morgan fingerprint density at radius 2 is 2.06 bits per heavy atom. The van der Waals surface area contributed by atoms with Gasteiger partial charge in [-0.15, -0.1) is 0 Å². The highest BCUT2D eigenvalue weighted by Crippen LogP contribution is 2.34. The second-order valence-electron chi connectivity index (χ2n) is 3.70. The summed E-state index contributed by atoms with van der Waals surface area (Å²) in [6.07, 6.45) is 0.698. The summed E-state index contributed by atoms with van der Waals surface area (Å²) in [5.41, 5.74) is 1.61. The van der Waals surface area contributed by atoms with Crippen LogP contribution >= 0.6 is 11.6 Å². The van der Waals surface area contributed by atoms with Crippen molar-refractivity contribution in [2.75, 3.05) is 7.11 Å². The molecule has 0 aromatic heterocycles. The molecule has 0 amide bonds. The zero-order chi connectivity index (χ0) is 13.1. The molecule has 2 aromatic carbocycles. The highest BCUT2D eigenvalue weighted by molar-refractivity contribution is 6.30. The zero-order valence-corrected chi connectivity index (χ0v) is 10.4. The van der Waals surface area contributed by atoms with Crippen LogP contribution in [0.25, 0.3) is 11.1 Å². The standard InChI is InChI=1S/C14H10ClFO2/c1-18-14-9(8-17)3-2-4-13(14)10-5-11(15)7-12(16)6-10/h2-8H,1H3. The number of rotatable bonds is 3. The maximum absolute atomic E-state index is 13.3. The van der Waals surface area contributed by atoms with Crippen molar-refractivity contribution in [1.29, 1.82) is 0 Å². The fraction of sp³-hybridized carbons (Fsp3) is 0.0714. The molecule has 0 aliphatic heterocycles. The van der Waals surface area contributed by atoms with Crippen LogP contribution < -0.4 is 4.74 Å². The van der Waals surface area contributed by atoms with E-state index in [0.717, 1.165) is 0 Å². The van der Waals surface area contributed by atoms with Crippen molar-refractivity contribution in [3.05, 3.63) is 52.8 Å². The number of methoxy groups -OCH3 is 1. The second-order valence-corrected chi connectivity index (χ2v) is 4.14. The molecule has 0 aliphatic carbocycles. The van der Waals surface area contributed by atoms with E-state index >= 15 is 0 Å². The van der Waals surface area contributed by atoms with Crippen LogP contribution in [-0.4, -0.2) is 13.4 Å². The third kappa shape index (κ3) is 2.36. The van der Waals surface area contributed by atoms with Crippen molar-refractivity contribution in [1.82, 2.24) is 0 Å². The minimum atomic E-state index is -0.434. The number of ether oxygens (including phenoxy) is 1. The minimum absolute atomic E-state index is 0.295. The first-order chi connectivity index (χ1) is 8.65. The number of aldehydes is 1. The van der Waals surface area contributed by atoms with Gasteiger partial charge in [0, 0.05) is 10.6 Å². The van der Waals surface area contributed by atoms with Crippen molar-refractivity contribution in [2.24, 2.45) is 0 Å². The van der Waals surface area contributed by atoms with Gasteiger partial charge >= 0.3 is 0 Å². The van der Waals surface area contributed by atoms with Gasteiger partial charge in [-0.3, -0.25) is 4.79 Å². The number of carbonyl (C=O) groups is 1. The molecule has 0 saturated heterocycles. The maximum atomic E-state index is 13.3. The van der Waals surface area contributed by atoms with Gasteiger partial charge in [-0.1, -0.05) is 23.7 Å². The molecule has 4 heteroatoms. The summed E-state index contributed by atoms with van der Waals surface area (Å²) in [6, 6.07) is 9.28. The van der Waals surface area contributed by atoms with Gasteiger partial charge in [0.2, 0.25) is 0 Å². The maximum Gasteiger partial charge on any atom is 0.153 e. The van der Waals surface area contributed by atoms with Crippen molar-refractivity contribution in [3.8, 4) is 16.9 Å². The third-order valence-electron chi connectivity index (χ3n) is 2.55. The molecule has 0 aliphatic rings. The van der Waals surface area contributed by atoms with Gasteiger partial charge in [0.15, 0.2) is 6.29 Å². The van der Waals surface area contributed by atoms with Crippen LogP contribution in [0.4, 0.5) is 4.39 Å². The summed E-state index contributed by atoms with van der Waals surface area (Å²) in [5.74, 6) is -0.0229. The first-order valence-corrected chi connectivity index (χ1v) is 5.62. The Morgan fingerprint density at radius 3 is 2.67 bits per heavy atom. The molecule has 18 heavy (non-hydrogen) atoms. The second kappa shape index (κ2) is 5.19. The number of hydrogen-bond donors (Lipinski definition) is 0. The molecule has 0 spiro atoms. The average Bonchev–Trinajstić information content (AvgIpc) is 2.36. The molecule has 2 rings (SSSR count). The quantitative estimate of drug-likeness (QED) is 0.784. The van der Waals surface area contributed by atoms with Crippen LogP contribution in [0.1, 0.15) is 10.4 Å². The topological polar surface area (TPSA) is 26.3 Å². The largest absolute Gasteiger partial charge is 0.495 e. The first kappa shape index (κ1) is 12.6. The summed E-state index contributed by atoms with van der Waals surface area (Å²) in [7, 11) is 1.47. The lowest BCUT2D eigenvalue weighted by Crippen LogP contribution is -1.94. The van der Waals surface area contributed by atoms with E-state index in [4.69, 9.17) is 16.3 Å². The van der Waals surface area contributed by atoms with E-state index in [9.17, 15) is 9.18 Å². The average molecular weight is 265 g/mol. The predicted molar refractivity (Wildman–Crippen MR) is 68.8 cm³/mol. The smallest absolute Gasteiger partial charge is 0.153 e. The number of carbonyl (C=O) groups excluding carboxylic acids is 1. The summed E-state index contributed by atoms with van der Waals surface area (Å²) in [4.78, 5) is 10.9. The van der Waals surface area contributed by atoms with Crippen molar-refractivity contribution < 1.29 is 13.9 Å². The van der Waals surface area contributed by atoms with E-state index in [0.29, 0.717) is 33.7 Å². The Hall–Kier alpha value is -1.87. The lowest BCUT2D eigenvalue weighted by molar-refractivity contribution is 0.112. The molecular formula is C14H10ClFO2. The number of hydrogen-bond acceptors (Lipinski definition) is 2. The molecule has 0 N–H and O–H groups in total. The molecule has 0 unspecified atom stereocenters.